The first-order valence-electron chi connectivity index (χ1n) is 6.89. The maximum absolute atomic E-state index is 5.47. The van der Waals surface area contributed by atoms with E-state index in [0.29, 0.717) is 5.92 Å². The molecule has 4 heteroatoms. The first-order valence-corrected chi connectivity index (χ1v) is 8.48. The van der Waals surface area contributed by atoms with Crippen molar-refractivity contribution in [3.63, 3.8) is 0 Å². The normalized spacial score (nSPS) is 12.2. The molecule has 0 radical (unpaired) electrons. The fraction of sp³-hybridized carbons (Fsp3) is 0.294. The monoisotopic (exact) mass is 411 g/mol. The minimum Gasteiger partial charge on any atom is -0.495 e. The van der Waals surface area contributed by atoms with Gasteiger partial charge in [0, 0.05) is 23.1 Å². The largest absolute Gasteiger partial charge is 0.495 e. The van der Waals surface area contributed by atoms with E-state index in [9.17, 15) is 0 Å². The Bertz CT molecular complexity index is 587. The van der Waals surface area contributed by atoms with Crippen LogP contribution in [0.4, 0.5) is 0 Å². The molecule has 1 unspecified atom stereocenters. The zero-order valence-corrected chi connectivity index (χ0v) is 15.4. The second kappa shape index (κ2) is 7.97. The van der Waals surface area contributed by atoms with E-state index in [4.69, 9.17) is 4.74 Å². The summed E-state index contributed by atoms with van der Waals surface area (Å²) in [6, 6.07) is 14.6. The summed E-state index contributed by atoms with van der Waals surface area (Å²) in [5.74, 6) is 1.37. The second-order valence-corrected chi connectivity index (χ2v) is 6.79. The molecule has 0 aliphatic heterocycles. The van der Waals surface area contributed by atoms with Gasteiger partial charge >= 0.3 is 0 Å². The van der Waals surface area contributed by atoms with Gasteiger partial charge in [0.2, 0.25) is 0 Å². The average Bonchev–Trinajstić information content (AvgIpc) is 2.47. The minimum absolute atomic E-state index is 0.479. The Balaban J connectivity index is 1.98. The van der Waals surface area contributed by atoms with Gasteiger partial charge in [-0.05, 0) is 39.5 Å². The van der Waals surface area contributed by atoms with Crippen molar-refractivity contribution in [2.75, 3.05) is 13.7 Å². The van der Waals surface area contributed by atoms with Gasteiger partial charge in [-0.1, -0.05) is 53.2 Å². The lowest BCUT2D eigenvalue weighted by Gasteiger charge is -2.15. The second-order valence-electron chi connectivity index (χ2n) is 5.02. The summed E-state index contributed by atoms with van der Waals surface area (Å²) < 4.78 is 7.48. The molecule has 112 valence electrons. The van der Waals surface area contributed by atoms with Crippen molar-refractivity contribution >= 4 is 31.9 Å². The van der Waals surface area contributed by atoms with Gasteiger partial charge in [-0.3, -0.25) is 0 Å². The van der Waals surface area contributed by atoms with Crippen LogP contribution in [-0.4, -0.2) is 13.7 Å². The molecular weight excluding hydrogens is 394 g/mol. The molecule has 2 aromatic carbocycles. The predicted molar refractivity (Wildman–Crippen MR) is 95.0 cm³/mol. The van der Waals surface area contributed by atoms with Crippen molar-refractivity contribution in [3.8, 4) is 5.75 Å². The number of hydrogen-bond acceptors (Lipinski definition) is 2. The number of benzene rings is 2. The zero-order chi connectivity index (χ0) is 15.2. The van der Waals surface area contributed by atoms with E-state index in [1.165, 1.54) is 5.56 Å². The van der Waals surface area contributed by atoms with Crippen LogP contribution < -0.4 is 10.1 Å². The van der Waals surface area contributed by atoms with E-state index in [0.717, 1.165) is 33.3 Å². The Labute approximate surface area is 143 Å². The molecule has 0 aromatic heterocycles. The van der Waals surface area contributed by atoms with Crippen LogP contribution in [-0.2, 0) is 6.54 Å². The molecule has 0 spiro atoms. The van der Waals surface area contributed by atoms with Crippen LogP contribution in [0.2, 0.25) is 0 Å². The molecular formula is C17H19Br2NO. The molecule has 0 aliphatic carbocycles. The van der Waals surface area contributed by atoms with Gasteiger partial charge in [0.1, 0.15) is 5.75 Å². The van der Waals surface area contributed by atoms with Crippen LogP contribution in [0, 0.1) is 0 Å². The van der Waals surface area contributed by atoms with Crippen molar-refractivity contribution in [2.45, 2.75) is 19.4 Å². The molecule has 0 amide bonds. The van der Waals surface area contributed by atoms with E-state index >= 15 is 0 Å². The predicted octanol–water partition coefficient (Wildman–Crippen LogP) is 5.11. The highest BCUT2D eigenvalue weighted by molar-refractivity contribution is 9.11. The summed E-state index contributed by atoms with van der Waals surface area (Å²) in [6.45, 7) is 3.94. The van der Waals surface area contributed by atoms with E-state index < -0.39 is 0 Å². The molecule has 2 nitrogen and oxygen atoms in total. The molecule has 2 aromatic rings. The number of methoxy groups -OCH3 is 1. The van der Waals surface area contributed by atoms with Crippen LogP contribution in [0.3, 0.4) is 0 Å². The van der Waals surface area contributed by atoms with Crippen molar-refractivity contribution < 1.29 is 4.74 Å². The Morgan fingerprint density at radius 1 is 1.14 bits per heavy atom. The van der Waals surface area contributed by atoms with Gasteiger partial charge in [0.15, 0.2) is 0 Å². The lowest BCUT2D eigenvalue weighted by Crippen LogP contribution is -2.20. The summed E-state index contributed by atoms with van der Waals surface area (Å²) in [5, 5.41) is 3.51. The first kappa shape index (κ1) is 16.5. The van der Waals surface area contributed by atoms with E-state index in [1.54, 1.807) is 7.11 Å². The maximum atomic E-state index is 5.47. The summed E-state index contributed by atoms with van der Waals surface area (Å²) in [4.78, 5) is 0. The van der Waals surface area contributed by atoms with Gasteiger partial charge in [0.25, 0.3) is 0 Å². The molecule has 0 saturated heterocycles. The summed E-state index contributed by atoms with van der Waals surface area (Å²) in [7, 11) is 1.70. The van der Waals surface area contributed by atoms with Crippen LogP contribution in [0.5, 0.6) is 5.75 Å². The fourth-order valence-electron chi connectivity index (χ4n) is 2.30. The Morgan fingerprint density at radius 3 is 2.52 bits per heavy atom. The molecule has 0 fully saturated rings. The number of ether oxygens (including phenoxy) is 1. The summed E-state index contributed by atoms with van der Waals surface area (Å²) in [6.07, 6.45) is 0. The van der Waals surface area contributed by atoms with Crippen molar-refractivity contribution in [2.24, 2.45) is 0 Å². The molecule has 1 atom stereocenters. The van der Waals surface area contributed by atoms with Crippen molar-refractivity contribution in [1.29, 1.82) is 0 Å². The Kier molecular flexibility index (Phi) is 6.27. The van der Waals surface area contributed by atoms with Crippen LogP contribution in [0.1, 0.15) is 24.0 Å². The molecule has 21 heavy (non-hydrogen) atoms. The lowest BCUT2D eigenvalue weighted by atomic mass is 10.0. The van der Waals surface area contributed by atoms with Crippen LogP contribution >= 0.6 is 31.9 Å². The van der Waals surface area contributed by atoms with Crippen LogP contribution in [0.15, 0.2) is 51.4 Å². The van der Waals surface area contributed by atoms with E-state index in [1.807, 2.05) is 12.1 Å². The van der Waals surface area contributed by atoms with Gasteiger partial charge in [-0.25, -0.2) is 0 Å². The average molecular weight is 413 g/mol. The topological polar surface area (TPSA) is 21.3 Å². The summed E-state index contributed by atoms with van der Waals surface area (Å²) >= 11 is 7.05. The number of hydrogen-bond donors (Lipinski definition) is 1. The molecule has 2 rings (SSSR count). The van der Waals surface area contributed by atoms with Gasteiger partial charge in [-0.15, -0.1) is 0 Å². The third kappa shape index (κ3) is 4.56. The highest BCUT2D eigenvalue weighted by Gasteiger charge is 2.10. The third-order valence-electron chi connectivity index (χ3n) is 3.42. The molecule has 1 N–H and O–H groups in total. The van der Waals surface area contributed by atoms with E-state index in [2.05, 4.69) is 74.4 Å². The van der Waals surface area contributed by atoms with Gasteiger partial charge in [-0.2, -0.15) is 0 Å². The molecule has 0 saturated carbocycles. The highest BCUT2D eigenvalue weighted by atomic mass is 79.9. The maximum Gasteiger partial charge on any atom is 0.137 e. The van der Waals surface area contributed by atoms with Gasteiger partial charge in [0.05, 0.1) is 11.6 Å². The van der Waals surface area contributed by atoms with Crippen LogP contribution in [0.25, 0.3) is 0 Å². The van der Waals surface area contributed by atoms with E-state index in [-0.39, 0.29) is 0 Å². The van der Waals surface area contributed by atoms with Crippen molar-refractivity contribution in [1.82, 2.24) is 5.32 Å². The molecule has 0 aliphatic rings. The SMILES string of the molecule is COc1c(Br)cc(Br)cc1CNCC(C)c1ccccc1. The Hall–Kier alpha value is -0.840. The lowest BCUT2D eigenvalue weighted by molar-refractivity contribution is 0.404. The molecule has 0 heterocycles. The van der Waals surface area contributed by atoms with Crippen molar-refractivity contribution in [3.05, 3.63) is 62.5 Å². The Morgan fingerprint density at radius 2 is 1.86 bits per heavy atom. The minimum atomic E-state index is 0.479. The summed E-state index contributed by atoms with van der Waals surface area (Å²) in [5.41, 5.74) is 2.49. The third-order valence-corrected chi connectivity index (χ3v) is 4.47. The smallest absolute Gasteiger partial charge is 0.137 e. The first-order chi connectivity index (χ1) is 10.1. The number of rotatable bonds is 6. The van der Waals surface area contributed by atoms with Gasteiger partial charge < -0.3 is 10.1 Å². The standard InChI is InChI=1S/C17H19Br2NO/c1-12(13-6-4-3-5-7-13)10-20-11-14-8-15(18)9-16(19)17(14)21-2/h3-9,12,20H,10-11H2,1-2H3. The fourth-order valence-corrected chi connectivity index (χ4v) is 3.77. The number of halogens is 2. The quantitative estimate of drug-likeness (QED) is 0.711. The highest BCUT2D eigenvalue weighted by Crippen LogP contribution is 2.32. The number of nitrogens with one attached hydrogen (secondary N) is 1. The molecule has 0 bridgehead atoms. The zero-order valence-electron chi connectivity index (χ0n) is 12.2.